The highest BCUT2D eigenvalue weighted by atomic mass is 16.5. The molecule has 0 aromatic carbocycles. The van der Waals surface area contributed by atoms with Gasteiger partial charge in [0.1, 0.15) is 11.9 Å². The average Bonchev–Trinajstić information content (AvgIpc) is 2.90. The van der Waals surface area contributed by atoms with E-state index in [0.717, 1.165) is 0 Å². The largest absolute Gasteiger partial charge is 0.481 e. The van der Waals surface area contributed by atoms with Crippen LogP contribution in [0.4, 0.5) is 0 Å². The van der Waals surface area contributed by atoms with Gasteiger partial charge in [-0.2, -0.15) is 0 Å². The molecule has 104 valence electrons. The van der Waals surface area contributed by atoms with Crippen LogP contribution < -0.4 is 0 Å². The fraction of sp³-hybridized carbons (Fsp3) is 0.583. The number of rotatable bonds is 5. The predicted octanol–water partition coefficient (Wildman–Crippen LogP) is 0.0407. The molecule has 1 fully saturated rings. The summed E-state index contributed by atoms with van der Waals surface area (Å²) in [5.74, 6) is -1.31. The number of aromatic nitrogens is 2. The third-order valence-electron chi connectivity index (χ3n) is 3.41. The molecule has 1 aliphatic heterocycles. The third kappa shape index (κ3) is 2.46. The van der Waals surface area contributed by atoms with Gasteiger partial charge in [-0.3, -0.25) is 9.59 Å². The maximum Gasteiger partial charge on any atom is 0.309 e. The molecule has 2 atom stereocenters. The maximum atomic E-state index is 12.0. The lowest BCUT2D eigenvalue weighted by Crippen LogP contribution is -2.34. The Kier molecular flexibility index (Phi) is 3.84. The van der Waals surface area contributed by atoms with E-state index < -0.39 is 17.9 Å². The molecule has 0 saturated carbocycles. The molecule has 1 saturated heterocycles. The highest BCUT2D eigenvalue weighted by molar-refractivity contribution is 5.87. The molecule has 0 unspecified atom stereocenters. The topological polar surface area (TPSA) is 84.7 Å². The highest BCUT2D eigenvalue weighted by Gasteiger charge is 2.46. The number of amides is 1. The van der Waals surface area contributed by atoms with Crippen molar-refractivity contribution < 1.29 is 19.4 Å². The molecule has 0 spiro atoms. The molecule has 7 heteroatoms. The van der Waals surface area contributed by atoms with Crippen LogP contribution in [0.1, 0.15) is 18.3 Å². The van der Waals surface area contributed by atoms with Crippen molar-refractivity contribution in [3.05, 3.63) is 18.2 Å². The van der Waals surface area contributed by atoms with E-state index in [0.29, 0.717) is 19.0 Å². The van der Waals surface area contributed by atoms with Gasteiger partial charge in [0.05, 0.1) is 12.5 Å². The van der Waals surface area contributed by atoms with Crippen molar-refractivity contribution in [2.75, 3.05) is 20.3 Å². The number of ether oxygens (including phenoxy) is 1. The van der Waals surface area contributed by atoms with Gasteiger partial charge in [0.15, 0.2) is 0 Å². The summed E-state index contributed by atoms with van der Waals surface area (Å²) in [6.07, 6.45) is 3.35. The average molecular weight is 267 g/mol. The van der Waals surface area contributed by atoms with Crippen LogP contribution in [0.3, 0.4) is 0 Å². The van der Waals surface area contributed by atoms with Crippen LogP contribution in [-0.2, 0) is 21.4 Å². The number of imidazole rings is 1. The Morgan fingerprint density at radius 3 is 2.89 bits per heavy atom. The van der Waals surface area contributed by atoms with Crippen LogP contribution in [0.5, 0.6) is 0 Å². The second kappa shape index (κ2) is 5.40. The van der Waals surface area contributed by atoms with Crippen molar-refractivity contribution >= 4 is 11.9 Å². The molecule has 0 aliphatic carbocycles. The molecule has 7 nitrogen and oxygen atoms in total. The number of aliphatic carboxylic acids is 1. The number of carboxylic acid groups (broad SMARTS) is 1. The SMILES string of the molecule is COCCN1C(=O)C[C@H](C(=O)O)[C@H]1c1nccn1C. The number of hydrogen-bond acceptors (Lipinski definition) is 4. The minimum atomic E-state index is -0.971. The number of carboxylic acids is 1. The van der Waals surface area contributed by atoms with Gasteiger partial charge in [0.25, 0.3) is 0 Å². The molecular formula is C12H17N3O4. The normalized spacial score (nSPS) is 23.1. The van der Waals surface area contributed by atoms with E-state index in [-0.39, 0.29) is 12.3 Å². The van der Waals surface area contributed by atoms with Crippen molar-refractivity contribution in [3.63, 3.8) is 0 Å². The van der Waals surface area contributed by atoms with Crippen LogP contribution in [0, 0.1) is 5.92 Å². The van der Waals surface area contributed by atoms with Crippen LogP contribution in [0.25, 0.3) is 0 Å². The van der Waals surface area contributed by atoms with Crippen LogP contribution in [-0.4, -0.2) is 51.7 Å². The zero-order valence-electron chi connectivity index (χ0n) is 10.9. The minimum absolute atomic E-state index is 0.0105. The summed E-state index contributed by atoms with van der Waals surface area (Å²) in [6.45, 7) is 0.746. The van der Waals surface area contributed by atoms with Gasteiger partial charge in [-0.1, -0.05) is 0 Å². The predicted molar refractivity (Wildman–Crippen MR) is 65.3 cm³/mol. The molecule has 1 aromatic rings. The highest BCUT2D eigenvalue weighted by Crippen LogP contribution is 2.37. The zero-order valence-corrected chi connectivity index (χ0v) is 10.9. The van der Waals surface area contributed by atoms with E-state index >= 15 is 0 Å². The fourth-order valence-electron chi connectivity index (χ4n) is 2.45. The first kappa shape index (κ1) is 13.5. The second-order valence-corrected chi connectivity index (χ2v) is 4.57. The first-order chi connectivity index (χ1) is 9.06. The van der Waals surface area contributed by atoms with Gasteiger partial charge < -0.3 is 19.3 Å². The summed E-state index contributed by atoms with van der Waals surface area (Å²) in [6, 6.07) is -0.528. The number of carbonyl (C=O) groups excluding carboxylic acids is 1. The first-order valence-electron chi connectivity index (χ1n) is 6.04. The number of nitrogens with zero attached hydrogens (tertiary/aromatic N) is 3. The van der Waals surface area contributed by atoms with Crippen LogP contribution in [0.2, 0.25) is 0 Å². The molecule has 0 radical (unpaired) electrons. The number of methoxy groups -OCH3 is 1. The molecule has 19 heavy (non-hydrogen) atoms. The summed E-state index contributed by atoms with van der Waals surface area (Å²) >= 11 is 0. The number of likely N-dealkylation sites (tertiary alicyclic amines) is 1. The Morgan fingerprint density at radius 2 is 2.37 bits per heavy atom. The van der Waals surface area contributed by atoms with E-state index in [9.17, 15) is 14.7 Å². The van der Waals surface area contributed by atoms with Gasteiger partial charge in [0.2, 0.25) is 5.91 Å². The summed E-state index contributed by atoms with van der Waals surface area (Å²) in [7, 11) is 3.34. The van der Waals surface area contributed by atoms with Crippen molar-refractivity contribution in [1.29, 1.82) is 0 Å². The fourth-order valence-corrected chi connectivity index (χ4v) is 2.45. The molecule has 1 amide bonds. The van der Waals surface area contributed by atoms with E-state index in [4.69, 9.17) is 4.74 Å². The first-order valence-corrected chi connectivity index (χ1v) is 6.04. The lowest BCUT2D eigenvalue weighted by Gasteiger charge is -2.26. The summed E-state index contributed by atoms with van der Waals surface area (Å²) < 4.78 is 6.72. The lowest BCUT2D eigenvalue weighted by molar-refractivity contribution is -0.142. The van der Waals surface area contributed by atoms with Gasteiger partial charge in [-0.05, 0) is 0 Å². The van der Waals surface area contributed by atoms with Crippen molar-refractivity contribution in [3.8, 4) is 0 Å². The molecular weight excluding hydrogens is 250 g/mol. The Bertz CT molecular complexity index is 485. The Labute approximate surface area is 110 Å². The standard InChI is InChI=1S/C12H17N3O4/c1-14-4-3-13-11(14)10-8(12(17)18)7-9(16)15(10)5-6-19-2/h3-4,8,10H,5-7H2,1-2H3,(H,17,18)/t8-,10-/m0/s1. The Morgan fingerprint density at radius 1 is 1.63 bits per heavy atom. The molecule has 1 N–H and O–H groups in total. The number of hydrogen-bond donors (Lipinski definition) is 1. The third-order valence-corrected chi connectivity index (χ3v) is 3.41. The van der Waals surface area contributed by atoms with Gasteiger partial charge in [-0.15, -0.1) is 0 Å². The second-order valence-electron chi connectivity index (χ2n) is 4.57. The molecule has 1 aromatic heterocycles. The van der Waals surface area contributed by atoms with E-state index in [1.807, 2.05) is 0 Å². The monoisotopic (exact) mass is 267 g/mol. The van der Waals surface area contributed by atoms with Crippen molar-refractivity contribution in [1.82, 2.24) is 14.5 Å². The molecule has 0 bridgehead atoms. The van der Waals surface area contributed by atoms with E-state index in [1.165, 1.54) is 0 Å². The smallest absolute Gasteiger partial charge is 0.309 e. The van der Waals surface area contributed by atoms with E-state index in [1.54, 1.807) is 36.0 Å². The zero-order chi connectivity index (χ0) is 14.0. The Hall–Kier alpha value is -1.89. The minimum Gasteiger partial charge on any atom is -0.481 e. The summed E-state index contributed by atoms with van der Waals surface area (Å²) in [5, 5.41) is 9.29. The van der Waals surface area contributed by atoms with Crippen LogP contribution in [0.15, 0.2) is 12.4 Å². The van der Waals surface area contributed by atoms with Crippen LogP contribution >= 0.6 is 0 Å². The summed E-state index contributed by atoms with van der Waals surface area (Å²) in [5.41, 5.74) is 0. The van der Waals surface area contributed by atoms with Crippen molar-refractivity contribution in [2.24, 2.45) is 13.0 Å². The molecule has 2 heterocycles. The van der Waals surface area contributed by atoms with Gasteiger partial charge in [0, 0.05) is 39.5 Å². The van der Waals surface area contributed by atoms with Gasteiger partial charge >= 0.3 is 5.97 Å². The van der Waals surface area contributed by atoms with Crippen molar-refractivity contribution in [2.45, 2.75) is 12.5 Å². The maximum absolute atomic E-state index is 12.0. The molecule has 1 aliphatic rings. The summed E-state index contributed by atoms with van der Waals surface area (Å²) in [4.78, 5) is 29.1. The van der Waals surface area contributed by atoms with E-state index in [2.05, 4.69) is 4.98 Å². The lowest BCUT2D eigenvalue weighted by atomic mass is 10.00. The molecule has 2 rings (SSSR count). The Balaban J connectivity index is 2.33. The number of carbonyl (C=O) groups is 2. The number of aryl methyl sites for hydroxylation is 1. The quantitative estimate of drug-likeness (QED) is 0.814. The van der Waals surface area contributed by atoms with Gasteiger partial charge in [-0.25, -0.2) is 4.98 Å².